The van der Waals surface area contributed by atoms with Gasteiger partial charge in [0.1, 0.15) is 0 Å². The van der Waals surface area contributed by atoms with E-state index in [1.54, 1.807) is 36.4 Å². The molecular weight excluding hydrogens is 362 g/mol. The highest BCUT2D eigenvalue weighted by Gasteiger charge is 2.23. The van der Waals surface area contributed by atoms with E-state index in [2.05, 4.69) is 5.32 Å². The zero-order chi connectivity index (χ0) is 18.0. The van der Waals surface area contributed by atoms with Gasteiger partial charge >= 0.3 is 0 Å². The van der Waals surface area contributed by atoms with E-state index in [0.29, 0.717) is 10.7 Å². The van der Waals surface area contributed by atoms with Gasteiger partial charge in [-0.1, -0.05) is 35.9 Å². The maximum absolute atomic E-state index is 12.5. The lowest BCUT2D eigenvalue weighted by Gasteiger charge is -2.05. The maximum atomic E-state index is 12.5. The highest BCUT2D eigenvalue weighted by Crippen LogP contribution is 2.24. The number of aryl methyl sites for hydroxylation is 1. The Bertz CT molecular complexity index is 1030. The molecule has 5 nitrogen and oxygen atoms in total. The molecule has 0 saturated heterocycles. The summed E-state index contributed by atoms with van der Waals surface area (Å²) in [4.78, 5) is 12.3. The van der Waals surface area contributed by atoms with E-state index in [4.69, 9.17) is 16.0 Å². The summed E-state index contributed by atoms with van der Waals surface area (Å²) in [5.74, 6) is -0.666. The minimum absolute atomic E-state index is 0.0987. The summed E-state index contributed by atoms with van der Waals surface area (Å²) < 4.78 is 30.2. The third kappa shape index (κ3) is 3.60. The van der Waals surface area contributed by atoms with Crippen molar-refractivity contribution in [2.75, 3.05) is 5.32 Å². The van der Waals surface area contributed by atoms with Gasteiger partial charge in [0.2, 0.25) is 14.9 Å². The molecule has 0 bridgehead atoms. The molecular formula is C18H14ClNO4S. The van der Waals surface area contributed by atoms with Gasteiger partial charge in [0.25, 0.3) is 5.91 Å². The average molecular weight is 376 g/mol. The summed E-state index contributed by atoms with van der Waals surface area (Å²) in [6.45, 7) is 1.85. The van der Waals surface area contributed by atoms with Crippen LogP contribution in [0.15, 0.2) is 75.1 Å². The molecule has 0 aliphatic heterocycles. The molecule has 0 radical (unpaired) electrons. The molecule has 0 spiro atoms. The first-order valence-corrected chi connectivity index (χ1v) is 9.21. The molecule has 3 aromatic rings. The van der Waals surface area contributed by atoms with Crippen LogP contribution >= 0.6 is 11.6 Å². The largest absolute Gasteiger partial charge is 0.439 e. The van der Waals surface area contributed by atoms with Crippen molar-refractivity contribution in [2.24, 2.45) is 0 Å². The molecule has 25 heavy (non-hydrogen) atoms. The van der Waals surface area contributed by atoms with Gasteiger partial charge in [0.15, 0.2) is 5.76 Å². The summed E-state index contributed by atoms with van der Waals surface area (Å²) in [5.41, 5.74) is 1.37. The third-order valence-electron chi connectivity index (χ3n) is 3.55. The fourth-order valence-electron chi connectivity index (χ4n) is 2.17. The summed E-state index contributed by atoms with van der Waals surface area (Å²) in [6.07, 6.45) is 0. The fraction of sp³-hybridized carbons (Fsp3) is 0.0556. The number of carbonyl (C=O) groups excluding carboxylic acids is 1. The minimum atomic E-state index is -3.80. The van der Waals surface area contributed by atoms with Gasteiger partial charge in [-0.25, -0.2) is 8.42 Å². The van der Waals surface area contributed by atoms with Gasteiger partial charge in [0, 0.05) is 10.7 Å². The Morgan fingerprint density at radius 2 is 1.76 bits per heavy atom. The maximum Gasteiger partial charge on any atom is 0.291 e. The predicted octanol–water partition coefficient (Wildman–Crippen LogP) is 4.33. The van der Waals surface area contributed by atoms with Crippen molar-refractivity contribution in [2.45, 2.75) is 16.9 Å². The van der Waals surface area contributed by atoms with E-state index in [-0.39, 0.29) is 15.7 Å². The van der Waals surface area contributed by atoms with Crippen molar-refractivity contribution < 1.29 is 17.6 Å². The Kier molecular flexibility index (Phi) is 4.65. The average Bonchev–Trinajstić information content (AvgIpc) is 3.10. The number of halogens is 1. The molecule has 2 aromatic carbocycles. The highest BCUT2D eigenvalue weighted by molar-refractivity contribution is 7.91. The third-order valence-corrected chi connectivity index (χ3v) is 5.60. The minimum Gasteiger partial charge on any atom is -0.439 e. The molecule has 0 aliphatic carbocycles. The van der Waals surface area contributed by atoms with Crippen LogP contribution in [0, 0.1) is 6.92 Å². The van der Waals surface area contributed by atoms with Crippen molar-refractivity contribution in [3.63, 3.8) is 0 Å². The number of anilines is 1. The molecule has 7 heteroatoms. The van der Waals surface area contributed by atoms with Crippen LogP contribution < -0.4 is 5.32 Å². The van der Waals surface area contributed by atoms with E-state index in [9.17, 15) is 13.2 Å². The van der Waals surface area contributed by atoms with Crippen LogP contribution in [0.2, 0.25) is 5.02 Å². The predicted molar refractivity (Wildman–Crippen MR) is 94.7 cm³/mol. The van der Waals surface area contributed by atoms with Crippen molar-refractivity contribution in [3.8, 4) is 0 Å². The lowest BCUT2D eigenvalue weighted by molar-refractivity contribution is 0.0991. The molecule has 1 amide bonds. The number of sulfone groups is 1. The smallest absolute Gasteiger partial charge is 0.291 e. The second-order valence-corrected chi connectivity index (χ2v) is 7.64. The van der Waals surface area contributed by atoms with E-state index < -0.39 is 15.7 Å². The van der Waals surface area contributed by atoms with Crippen LogP contribution in [-0.4, -0.2) is 14.3 Å². The monoisotopic (exact) mass is 375 g/mol. The van der Waals surface area contributed by atoms with Crippen LogP contribution in [0.1, 0.15) is 16.1 Å². The number of hydrogen-bond donors (Lipinski definition) is 1. The normalized spacial score (nSPS) is 11.3. The lowest BCUT2D eigenvalue weighted by Crippen LogP contribution is -2.11. The van der Waals surface area contributed by atoms with Gasteiger partial charge < -0.3 is 9.73 Å². The number of carbonyl (C=O) groups is 1. The summed E-state index contributed by atoms with van der Waals surface area (Å²) in [6, 6.07) is 15.5. The fourth-order valence-corrected chi connectivity index (χ4v) is 3.54. The molecule has 1 N–H and O–H groups in total. The number of rotatable bonds is 4. The Balaban J connectivity index is 1.83. The first-order valence-electron chi connectivity index (χ1n) is 7.35. The van der Waals surface area contributed by atoms with Crippen molar-refractivity contribution >= 4 is 33.0 Å². The van der Waals surface area contributed by atoms with E-state index >= 15 is 0 Å². The van der Waals surface area contributed by atoms with E-state index in [1.165, 1.54) is 24.3 Å². The van der Waals surface area contributed by atoms with Crippen molar-refractivity contribution in [1.82, 2.24) is 0 Å². The molecule has 0 fully saturated rings. The standard InChI is InChI=1S/C18H14ClNO4S/c1-12-7-8-13(11-15(12)19)20-18(21)16-9-10-17(24-16)25(22,23)14-5-3-2-4-6-14/h2-11H,1H3,(H,20,21). The second kappa shape index (κ2) is 6.74. The van der Waals surface area contributed by atoms with Gasteiger partial charge in [-0.2, -0.15) is 0 Å². The zero-order valence-electron chi connectivity index (χ0n) is 13.2. The molecule has 0 saturated carbocycles. The molecule has 0 atom stereocenters. The molecule has 0 unspecified atom stereocenters. The first-order chi connectivity index (χ1) is 11.9. The number of nitrogens with one attached hydrogen (secondary N) is 1. The summed E-state index contributed by atoms with van der Waals surface area (Å²) >= 11 is 6.02. The Labute approximate surface area is 150 Å². The number of furan rings is 1. The van der Waals surface area contributed by atoms with Crippen LogP contribution in [0.25, 0.3) is 0 Å². The second-order valence-electron chi connectivity index (χ2n) is 5.35. The molecule has 128 valence electrons. The Morgan fingerprint density at radius 1 is 1.04 bits per heavy atom. The molecule has 1 aromatic heterocycles. The number of benzene rings is 2. The van der Waals surface area contributed by atoms with E-state index in [1.807, 2.05) is 6.92 Å². The first kappa shape index (κ1) is 17.3. The van der Waals surface area contributed by atoms with Crippen LogP contribution in [0.4, 0.5) is 5.69 Å². The van der Waals surface area contributed by atoms with Crippen LogP contribution in [-0.2, 0) is 9.84 Å². The number of hydrogen-bond acceptors (Lipinski definition) is 4. The van der Waals surface area contributed by atoms with Gasteiger partial charge in [-0.3, -0.25) is 4.79 Å². The van der Waals surface area contributed by atoms with Gasteiger partial charge in [-0.05, 0) is 48.9 Å². The molecule has 3 rings (SSSR count). The van der Waals surface area contributed by atoms with E-state index in [0.717, 1.165) is 5.56 Å². The topological polar surface area (TPSA) is 76.4 Å². The molecule has 0 aliphatic rings. The van der Waals surface area contributed by atoms with Gasteiger partial charge in [0.05, 0.1) is 4.90 Å². The van der Waals surface area contributed by atoms with Crippen LogP contribution in [0.5, 0.6) is 0 Å². The highest BCUT2D eigenvalue weighted by atomic mass is 35.5. The zero-order valence-corrected chi connectivity index (χ0v) is 14.8. The van der Waals surface area contributed by atoms with Crippen molar-refractivity contribution in [3.05, 3.63) is 77.0 Å². The quantitative estimate of drug-likeness (QED) is 0.736. The van der Waals surface area contributed by atoms with Gasteiger partial charge in [-0.15, -0.1) is 0 Å². The van der Waals surface area contributed by atoms with Crippen molar-refractivity contribution in [1.29, 1.82) is 0 Å². The molecule has 1 heterocycles. The van der Waals surface area contributed by atoms with Crippen LogP contribution in [0.3, 0.4) is 0 Å². The summed E-state index contributed by atoms with van der Waals surface area (Å²) in [7, 11) is -3.80. The lowest BCUT2D eigenvalue weighted by atomic mass is 10.2. The Hall–Kier alpha value is -2.57. The summed E-state index contributed by atoms with van der Waals surface area (Å²) in [5, 5.41) is 2.85. The Morgan fingerprint density at radius 3 is 2.44 bits per heavy atom. The number of amides is 1. The SMILES string of the molecule is Cc1ccc(NC(=O)c2ccc(S(=O)(=O)c3ccccc3)o2)cc1Cl.